The molecule has 3 aromatic carbocycles. The molecule has 0 radical (unpaired) electrons. The molecule has 1 N–H and O–H groups in total. The van der Waals surface area contributed by atoms with Gasteiger partial charge in [0.15, 0.2) is 0 Å². The number of methoxy groups -OCH3 is 1. The number of carbonyl (C=O) groups is 2. The third-order valence-electron chi connectivity index (χ3n) is 4.73. The maximum absolute atomic E-state index is 12.6. The van der Waals surface area contributed by atoms with Crippen LogP contribution in [0.3, 0.4) is 0 Å². The van der Waals surface area contributed by atoms with Crippen LogP contribution < -0.4 is 10.1 Å². The molecule has 168 valence electrons. The first-order chi connectivity index (χ1) is 15.8. The van der Waals surface area contributed by atoms with Crippen molar-refractivity contribution in [3.05, 3.63) is 86.9 Å². The number of nitrogens with one attached hydrogen (secondary N) is 1. The lowest BCUT2D eigenvalue weighted by Gasteiger charge is -2.12. The first kappa shape index (κ1) is 24.1. The monoisotopic (exact) mass is 482 g/mol. The molecule has 8 heteroatoms. The zero-order chi connectivity index (χ0) is 24.0. The van der Waals surface area contributed by atoms with Crippen molar-refractivity contribution >= 4 is 40.8 Å². The molecule has 0 heterocycles. The van der Waals surface area contributed by atoms with Gasteiger partial charge >= 0.3 is 5.97 Å². The van der Waals surface area contributed by atoms with Gasteiger partial charge in [-0.15, -0.1) is 0 Å². The van der Waals surface area contributed by atoms with E-state index in [1.165, 1.54) is 7.11 Å². The molecular weight excluding hydrogens is 463 g/mol. The third-order valence-corrected chi connectivity index (χ3v) is 5.26. The molecule has 0 saturated heterocycles. The highest BCUT2D eigenvalue weighted by Crippen LogP contribution is 2.30. The fourth-order valence-corrected chi connectivity index (χ4v) is 3.54. The Labute approximate surface area is 201 Å². The van der Waals surface area contributed by atoms with Gasteiger partial charge in [0, 0.05) is 5.02 Å². The van der Waals surface area contributed by atoms with E-state index in [0.717, 1.165) is 11.1 Å². The highest BCUT2D eigenvalue weighted by molar-refractivity contribution is 6.33. The number of nitrogens with zero attached hydrogens (tertiary/aromatic N) is 1. The van der Waals surface area contributed by atoms with Crippen LogP contribution in [-0.4, -0.2) is 19.0 Å². The highest BCUT2D eigenvalue weighted by Gasteiger charge is 2.12. The first-order valence-corrected chi connectivity index (χ1v) is 10.7. The number of anilines is 1. The summed E-state index contributed by atoms with van der Waals surface area (Å²) >= 11 is 12.3. The predicted molar refractivity (Wildman–Crippen MR) is 127 cm³/mol. The topological polar surface area (TPSA) is 88.4 Å². The zero-order valence-electron chi connectivity index (χ0n) is 17.9. The van der Waals surface area contributed by atoms with E-state index in [9.17, 15) is 9.59 Å². The summed E-state index contributed by atoms with van der Waals surface area (Å²) in [6, 6.07) is 17.2. The smallest absolute Gasteiger partial charge is 0.309 e. The standard InChI is InChI=1S/C25H20Cl2N2O4/c1-15-3-4-17(10-23(15)33-20-8-18(14-28)7-19(26)13-20)11-24(30)29-22-6-5-16(9-21(22)27)12-25(31)32-2/h3-10,13H,11-12H2,1-2H3,(H,29,30). The number of ether oxygens (including phenoxy) is 2. The minimum absolute atomic E-state index is 0.0931. The Kier molecular flexibility index (Phi) is 7.94. The van der Waals surface area contributed by atoms with Crippen LogP contribution in [0.25, 0.3) is 0 Å². The van der Waals surface area contributed by atoms with E-state index < -0.39 is 0 Å². The van der Waals surface area contributed by atoms with Gasteiger partial charge in [0.25, 0.3) is 0 Å². The predicted octanol–water partition coefficient (Wildman–Crippen LogP) is 5.86. The Morgan fingerprint density at radius 1 is 1.00 bits per heavy atom. The van der Waals surface area contributed by atoms with Gasteiger partial charge in [0.1, 0.15) is 11.5 Å². The molecule has 6 nitrogen and oxygen atoms in total. The van der Waals surface area contributed by atoms with Crippen molar-refractivity contribution in [1.82, 2.24) is 0 Å². The number of esters is 1. The number of benzene rings is 3. The van der Waals surface area contributed by atoms with Crippen LogP contribution in [0.1, 0.15) is 22.3 Å². The average Bonchev–Trinajstić information content (AvgIpc) is 2.77. The van der Waals surface area contributed by atoms with Crippen molar-refractivity contribution in [2.75, 3.05) is 12.4 Å². The normalized spacial score (nSPS) is 10.3. The molecule has 0 aliphatic heterocycles. The summed E-state index contributed by atoms with van der Waals surface area (Å²) in [5, 5.41) is 12.6. The van der Waals surface area contributed by atoms with Gasteiger partial charge in [-0.3, -0.25) is 9.59 Å². The lowest BCUT2D eigenvalue weighted by molar-refractivity contribution is -0.139. The average molecular weight is 483 g/mol. The van der Waals surface area contributed by atoms with Crippen LogP contribution in [-0.2, 0) is 27.2 Å². The molecule has 3 aromatic rings. The first-order valence-electron chi connectivity index (χ1n) is 9.90. The molecule has 33 heavy (non-hydrogen) atoms. The van der Waals surface area contributed by atoms with E-state index in [-0.39, 0.29) is 24.7 Å². The van der Waals surface area contributed by atoms with Crippen LogP contribution in [0, 0.1) is 18.3 Å². The number of hydrogen-bond acceptors (Lipinski definition) is 5. The summed E-state index contributed by atoms with van der Waals surface area (Å²) in [7, 11) is 1.32. The van der Waals surface area contributed by atoms with E-state index in [4.69, 9.17) is 33.2 Å². The van der Waals surface area contributed by atoms with Crippen molar-refractivity contribution in [2.24, 2.45) is 0 Å². The van der Waals surface area contributed by atoms with E-state index in [1.54, 1.807) is 42.5 Å². The van der Waals surface area contributed by atoms with Gasteiger partial charge < -0.3 is 14.8 Å². The molecule has 0 unspecified atom stereocenters. The molecule has 0 aromatic heterocycles. The summed E-state index contributed by atoms with van der Waals surface area (Å²) in [6.07, 6.45) is 0.189. The van der Waals surface area contributed by atoms with E-state index in [2.05, 4.69) is 10.1 Å². The highest BCUT2D eigenvalue weighted by atomic mass is 35.5. The number of nitriles is 1. The number of hydrogen-bond donors (Lipinski definition) is 1. The number of halogens is 2. The van der Waals surface area contributed by atoms with Gasteiger partial charge in [-0.25, -0.2) is 0 Å². The molecule has 0 spiro atoms. The maximum Gasteiger partial charge on any atom is 0.309 e. The fourth-order valence-electron chi connectivity index (χ4n) is 3.07. The Morgan fingerprint density at radius 3 is 2.42 bits per heavy atom. The van der Waals surface area contributed by atoms with Gasteiger partial charge in [0.05, 0.1) is 42.3 Å². The Balaban J connectivity index is 1.70. The summed E-state index contributed by atoms with van der Waals surface area (Å²) in [6.45, 7) is 1.88. The van der Waals surface area contributed by atoms with Gasteiger partial charge in [-0.05, 0) is 60.0 Å². The molecule has 0 saturated carbocycles. The van der Waals surface area contributed by atoms with E-state index in [1.807, 2.05) is 25.1 Å². The molecule has 0 bridgehead atoms. The van der Waals surface area contributed by atoms with E-state index >= 15 is 0 Å². The van der Waals surface area contributed by atoms with Gasteiger partial charge in [-0.1, -0.05) is 41.4 Å². The molecule has 0 fully saturated rings. The Hall–Kier alpha value is -3.53. The zero-order valence-corrected chi connectivity index (χ0v) is 19.5. The van der Waals surface area contributed by atoms with Crippen LogP contribution in [0.5, 0.6) is 11.5 Å². The third kappa shape index (κ3) is 6.72. The Bertz CT molecular complexity index is 1250. The second kappa shape index (κ2) is 10.9. The molecule has 0 aliphatic rings. The minimum atomic E-state index is -0.373. The van der Waals surface area contributed by atoms with Crippen molar-refractivity contribution in [3.8, 4) is 17.6 Å². The summed E-state index contributed by atoms with van der Waals surface area (Å²) in [4.78, 5) is 24.0. The van der Waals surface area contributed by atoms with Gasteiger partial charge in [-0.2, -0.15) is 5.26 Å². The van der Waals surface area contributed by atoms with Gasteiger partial charge in [0.2, 0.25) is 5.91 Å². The summed E-state index contributed by atoms with van der Waals surface area (Å²) in [5.41, 5.74) is 3.11. The largest absolute Gasteiger partial charge is 0.469 e. The molecule has 3 rings (SSSR count). The number of rotatable bonds is 7. The lowest BCUT2D eigenvalue weighted by Crippen LogP contribution is -2.15. The number of aryl methyl sites for hydroxylation is 1. The SMILES string of the molecule is COC(=O)Cc1ccc(NC(=O)Cc2ccc(C)c(Oc3cc(Cl)cc(C#N)c3)c2)c(Cl)c1. The van der Waals surface area contributed by atoms with Crippen LogP contribution >= 0.6 is 23.2 Å². The maximum atomic E-state index is 12.6. The Morgan fingerprint density at radius 2 is 1.73 bits per heavy atom. The second-order valence-electron chi connectivity index (χ2n) is 7.28. The minimum Gasteiger partial charge on any atom is -0.469 e. The lowest BCUT2D eigenvalue weighted by atomic mass is 10.1. The molecule has 0 atom stereocenters. The second-order valence-corrected chi connectivity index (χ2v) is 8.13. The molecular formula is C25H20Cl2N2O4. The van der Waals surface area contributed by atoms with Crippen LogP contribution in [0.2, 0.25) is 10.0 Å². The number of amides is 1. The van der Waals surface area contributed by atoms with Crippen LogP contribution in [0.15, 0.2) is 54.6 Å². The molecule has 1 amide bonds. The fraction of sp³-hybridized carbons (Fsp3) is 0.160. The van der Waals surface area contributed by atoms with E-state index in [0.29, 0.717) is 38.4 Å². The van der Waals surface area contributed by atoms with Crippen molar-refractivity contribution in [2.45, 2.75) is 19.8 Å². The quantitative estimate of drug-likeness (QED) is 0.425. The van der Waals surface area contributed by atoms with Crippen molar-refractivity contribution < 1.29 is 19.1 Å². The summed E-state index contributed by atoms with van der Waals surface area (Å²) < 4.78 is 10.6. The van der Waals surface area contributed by atoms with Crippen LogP contribution in [0.4, 0.5) is 5.69 Å². The molecule has 0 aliphatic carbocycles. The number of carbonyl (C=O) groups excluding carboxylic acids is 2. The van der Waals surface area contributed by atoms with Crippen molar-refractivity contribution in [3.63, 3.8) is 0 Å². The van der Waals surface area contributed by atoms with Crippen molar-refractivity contribution in [1.29, 1.82) is 5.26 Å². The summed E-state index contributed by atoms with van der Waals surface area (Å²) in [5.74, 6) is 0.350.